The van der Waals surface area contributed by atoms with Crippen molar-refractivity contribution in [3.05, 3.63) is 54.6 Å². The highest BCUT2D eigenvalue weighted by molar-refractivity contribution is 5.57. The molecule has 2 aromatic carbocycles. The second-order valence-corrected chi connectivity index (χ2v) is 4.74. The largest absolute Gasteiger partial charge is 0.455 e. The molecule has 3 rings (SSSR count). The van der Waals surface area contributed by atoms with Crippen LogP contribution in [0.25, 0.3) is 0 Å². The minimum Gasteiger partial charge on any atom is -0.455 e. The van der Waals surface area contributed by atoms with E-state index in [1.807, 2.05) is 48.5 Å². The Hall–Kier alpha value is -1.96. The molecule has 0 unspecified atom stereocenters. The minimum absolute atomic E-state index is 0.856. The Morgan fingerprint density at radius 2 is 1.67 bits per heavy atom. The van der Waals surface area contributed by atoms with Gasteiger partial charge in [-0.3, -0.25) is 0 Å². The van der Waals surface area contributed by atoms with Crippen LogP contribution in [0.15, 0.2) is 54.6 Å². The van der Waals surface area contributed by atoms with E-state index < -0.39 is 0 Å². The van der Waals surface area contributed by atoms with E-state index in [0.29, 0.717) is 0 Å². The Balaban J connectivity index is 1.73. The second kappa shape index (κ2) is 5.13. The fourth-order valence-corrected chi connectivity index (χ4v) is 1.89. The van der Waals surface area contributed by atoms with Crippen LogP contribution in [0.1, 0.15) is 12.8 Å². The fraction of sp³-hybridized carbons (Fsp3) is 0.250. The van der Waals surface area contributed by atoms with Gasteiger partial charge in [-0.15, -0.1) is 0 Å². The van der Waals surface area contributed by atoms with Crippen molar-refractivity contribution in [2.45, 2.75) is 12.8 Å². The van der Waals surface area contributed by atoms with Gasteiger partial charge in [-0.05, 0) is 43.0 Å². The molecule has 1 aliphatic rings. The zero-order valence-electron chi connectivity index (χ0n) is 10.3. The first-order valence-electron chi connectivity index (χ1n) is 6.47. The predicted molar refractivity (Wildman–Crippen MR) is 74.2 cm³/mol. The van der Waals surface area contributed by atoms with Crippen molar-refractivity contribution in [1.82, 2.24) is 0 Å². The van der Waals surface area contributed by atoms with Gasteiger partial charge in [-0.1, -0.05) is 30.3 Å². The van der Waals surface area contributed by atoms with Crippen LogP contribution >= 0.6 is 0 Å². The van der Waals surface area contributed by atoms with Crippen molar-refractivity contribution in [2.24, 2.45) is 5.92 Å². The molecule has 18 heavy (non-hydrogen) atoms. The van der Waals surface area contributed by atoms with Gasteiger partial charge in [0, 0.05) is 6.54 Å². The third-order valence-electron chi connectivity index (χ3n) is 3.14. The second-order valence-electron chi connectivity index (χ2n) is 4.74. The molecule has 1 saturated carbocycles. The van der Waals surface area contributed by atoms with Crippen molar-refractivity contribution in [2.75, 3.05) is 11.9 Å². The summed E-state index contributed by atoms with van der Waals surface area (Å²) in [6.45, 7) is 1.05. The number of benzene rings is 2. The van der Waals surface area contributed by atoms with Crippen LogP contribution in [-0.4, -0.2) is 6.54 Å². The number of para-hydroxylation sites is 3. The number of hydrogen-bond acceptors (Lipinski definition) is 2. The lowest BCUT2D eigenvalue weighted by Crippen LogP contribution is -2.04. The summed E-state index contributed by atoms with van der Waals surface area (Å²) < 4.78 is 5.90. The van der Waals surface area contributed by atoms with E-state index in [0.717, 1.165) is 29.6 Å². The maximum absolute atomic E-state index is 5.90. The van der Waals surface area contributed by atoms with Crippen LogP contribution in [0, 0.1) is 5.92 Å². The van der Waals surface area contributed by atoms with Gasteiger partial charge in [0.1, 0.15) is 5.75 Å². The molecule has 0 spiro atoms. The molecule has 0 radical (unpaired) electrons. The van der Waals surface area contributed by atoms with Gasteiger partial charge in [0.2, 0.25) is 0 Å². The molecule has 0 aliphatic heterocycles. The zero-order valence-corrected chi connectivity index (χ0v) is 10.3. The lowest BCUT2D eigenvalue weighted by Gasteiger charge is -2.12. The molecule has 0 amide bonds. The van der Waals surface area contributed by atoms with E-state index in [1.165, 1.54) is 12.8 Å². The van der Waals surface area contributed by atoms with Crippen LogP contribution in [0.3, 0.4) is 0 Å². The Morgan fingerprint density at radius 1 is 0.944 bits per heavy atom. The number of rotatable bonds is 5. The smallest absolute Gasteiger partial charge is 0.150 e. The van der Waals surface area contributed by atoms with E-state index in [1.54, 1.807) is 0 Å². The van der Waals surface area contributed by atoms with E-state index >= 15 is 0 Å². The maximum atomic E-state index is 5.90. The predicted octanol–water partition coefficient (Wildman–Crippen LogP) is 4.30. The highest BCUT2D eigenvalue weighted by Crippen LogP contribution is 2.32. The molecule has 1 fully saturated rings. The highest BCUT2D eigenvalue weighted by Gasteiger charge is 2.21. The van der Waals surface area contributed by atoms with Crippen molar-refractivity contribution in [1.29, 1.82) is 0 Å². The summed E-state index contributed by atoms with van der Waals surface area (Å²) in [6, 6.07) is 18.0. The van der Waals surface area contributed by atoms with Gasteiger partial charge in [0.05, 0.1) is 5.69 Å². The average molecular weight is 239 g/mol. The van der Waals surface area contributed by atoms with Gasteiger partial charge in [0.25, 0.3) is 0 Å². The Kier molecular flexibility index (Phi) is 3.18. The van der Waals surface area contributed by atoms with Gasteiger partial charge >= 0.3 is 0 Å². The summed E-state index contributed by atoms with van der Waals surface area (Å²) in [4.78, 5) is 0. The topological polar surface area (TPSA) is 21.3 Å². The summed E-state index contributed by atoms with van der Waals surface area (Å²) in [5.74, 6) is 2.62. The van der Waals surface area contributed by atoms with E-state index in [-0.39, 0.29) is 0 Å². The molecule has 0 heterocycles. The first-order valence-corrected chi connectivity index (χ1v) is 6.47. The molecule has 1 aliphatic carbocycles. The number of anilines is 1. The first kappa shape index (κ1) is 11.1. The SMILES string of the molecule is c1ccc(Oc2ccccc2NCC2CC2)cc1. The maximum Gasteiger partial charge on any atom is 0.150 e. The molecule has 1 N–H and O–H groups in total. The van der Waals surface area contributed by atoms with Crippen LogP contribution < -0.4 is 10.1 Å². The summed E-state index contributed by atoms with van der Waals surface area (Å²) in [7, 11) is 0. The van der Waals surface area contributed by atoms with E-state index in [2.05, 4.69) is 11.4 Å². The fourth-order valence-electron chi connectivity index (χ4n) is 1.89. The molecule has 2 aromatic rings. The number of nitrogens with one attached hydrogen (secondary N) is 1. The molecule has 92 valence electrons. The van der Waals surface area contributed by atoms with Gasteiger partial charge in [-0.25, -0.2) is 0 Å². The van der Waals surface area contributed by atoms with Crippen molar-refractivity contribution < 1.29 is 4.74 Å². The van der Waals surface area contributed by atoms with E-state index in [4.69, 9.17) is 4.74 Å². The highest BCUT2D eigenvalue weighted by atomic mass is 16.5. The third kappa shape index (κ3) is 2.83. The molecule has 2 nitrogen and oxygen atoms in total. The van der Waals surface area contributed by atoms with Crippen LogP contribution in [0.4, 0.5) is 5.69 Å². The molecule has 2 heteroatoms. The Labute approximate surface area is 108 Å². The van der Waals surface area contributed by atoms with E-state index in [9.17, 15) is 0 Å². The Morgan fingerprint density at radius 3 is 2.44 bits per heavy atom. The quantitative estimate of drug-likeness (QED) is 0.839. The number of ether oxygens (including phenoxy) is 1. The molecular weight excluding hydrogens is 222 g/mol. The molecular formula is C16H17NO. The minimum atomic E-state index is 0.856. The Bertz CT molecular complexity index is 506. The monoisotopic (exact) mass is 239 g/mol. The van der Waals surface area contributed by atoms with Crippen molar-refractivity contribution in [3.63, 3.8) is 0 Å². The lowest BCUT2D eigenvalue weighted by atomic mass is 10.2. The van der Waals surface area contributed by atoms with Gasteiger partial charge in [-0.2, -0.15) is 0 Å². The standard InChI is InChI=1S/C16H17NO/c1-2-6-14(7-3-1)18-16-9-5-4-8-15(16)17-12-13-10-11-13/h1-9,13,17H,10-12H2. The summed E-state index contributed by atoms with van der Waals surface area (Å²) in [5, 5.41) is 3.47. The normalized spacial score (nSPS) is 14.2. The summed E-state index contributed by atoms with van der Waals surface area (Å²) >= 11 is 0. The summed E-state index contributed by atoms with van der Waals surface area (Å²) in [6.07, 6.45) is 2.71. The van der Waals surface area contributed by atoms with Gasteiger partial charge in [0.15, 0.2) is 5.75 Å². The van der Waals surface area contributed by atoms with Gasteiger partial charge < -0.3 is 10.1 Å². The van der Waals surface area contributed by atoms with Crippen LogP contribution in [0.5, 0.6) is 11.5 Å². The summed E-state index contributed by atoms with van der Waals surface area (Å²) in [5.41, 5.74) is 1.08. The molecule has 0 saturated heterocycles. The van der Waals surface area contributed by atoms with Crippen molar-refractivity contribution >= 4 is 5.69 Å². The van der Waals surface area contributed by atoms with Crippen LogP contribution in [0.2, 0.25) is 0 Å². The van der Waals surface area contributed by atoms with Crippen molar-refractivity contribution in [3.8, 4) is 11.5 Å². The first-order chi connectivity index (χ1) is 8.92. The van der Waals surface area contributed by atoms with Crippen LogP contribution in [-0.2, 0) is 0 Å². The lowest BCUT2D eigenvalue weighted by molar-refractivity contribution is 0.484. The molecule has 0 bridgehead atoms. The average Bonchev–Trinajstić information content (AvgIpc) is 3.23. The number of hydrogen-bond donors (Lipinski definition) is 1. The third-order valence-corrected chi connectivity index (χ3v) is 3.14. The molecule has 0 atom stereocenters. The molecule has 0 aromatic heterocycles. The zero-order chi connectivity index (χ0) is 12.2.